The number of amides is 1. The quantitative estimate of drug-likeness (QED) is 0.594. The minimum Gasteiger partial charge on any atom is -0.507 e. The Balaban J connectivity index is 1.65. The molecule has 8 nitrogen and oxygen atoms in total. The van der Waals surface area contributed by atoms with Crippen molar-refractivity contribution in [1.29, 1.82) is 0 Å². The summed E-state index contributed by atoms with van der Waals surface area (Å²) in [5.41, 5.74) is 2.60. The Morgan fingerprint density at radius 3 is 1.85 bits per heavy atom. The van der Waals surface area contributed by atoms with E-state index in [-0.39, 0.29) is 16.6 Å². The number of hydrogen-bond acceptors (Lipinski definition) is 6. The van der Waals surface area contributed by atoms with Crippen LogP contribution in [0, 0.1) is 0 Å². The standard InChI is InChI=1S/C25H34N4O4S/c1-19(30)26-22-7-9-24(10-8-22)34(32,33)27(2)23-15-20(17-28-11-3-4-12-28)25(31)21(16-23)18-29-13-5-6-14-29/h7-10,15-16,31H,3-6,11-14,17-18H2,1-2H3,(H,26,30). The molecule has 0 unspecified atom stereocenters. The van der Waals surface area contributed by atoms with Gasteiger partial charge in [0.15, 0.2) is 0 Å². The van der Waals surface area contributed by atoms with Crippen molar-refractivity contribution in [2.45, 2.75) is 50.6 Å². The van der Waals surface area contributed by atoms with Gasteiger partial charge in [0.25, 0.3) is 10.0 Å². The highest BCUT2D eigenvalue weighted by Gasteiger charge is 2.25. The lowest BCUT2D eigenvalue weighted by Gasteiger charge is -2.25. The van der Waals surface area contributed by atoms with E-state index in [1.807, 2.05) is 0 Å². The van der Waals surface area contributed by atoms with Crippen LogP contribution in [0.2, 0.25) is 0 Å². The lowest BCUT2D eigenvalue weighted by Crippen LogP contribution is -2.27. The summed E-state index contributed by atoms with van der Waals surface area (Å²) in [6.45, 7) is 6.56. The molecule has 34 heavy (non-hydrogen) atoms. The molecule has 2 heterocycles. The molecule has 9 heteroatoms. The van der Waals surface area contributed by atoms with Gasteiger partial charge in [-0.25, -0.2) is 8.42 Å². The first-order valence-electron chi connectivity index (χ1n) is 11.9. The number of anilines is 2. The Morgan fingerprint density at radius 2 is 1.41 bits per heavy atom. The Morgan fingerprint density at radius 1 is 0.941 bits per heavy atom. The van der Waals surface area contributed by atoms with Crippen LogP contribution in [0.25, 0.3) is 0 Å². The predicted molar refractivity (Wildman–Crippen MR) is 133 cm³/mol. The first-order valence-corrected chi connectivity index (χ1v) is 13.3. The van der Waals surface area contributed by atoms with Crippen LogP contribution in [-0.4, -0.2) is 62.5 Å². The molecule has 2 saturated heterocycles. The SMILES string of the molecule is CC(=O)Nc1ccc(S(=O)(=O)N(C)c2cc(CN3CCCC3)c(O)c(CN3CCCC3)c2)cc1. The van der Waals surface area contributed by atoms with Crippen LogP contribution in [0.5, 0.6) is 5.75 Å². The van der Waals surface area contributed by atoms with Gasteiger partial charge in [0, 0.05) is 43.9 Å². The van der Waals surface area contributed by atoms with Crippen LogP contribution >= 0.6 is 0 Å². The van der Waals surface area contributed by atoms with Gasteiger partial charge in [-0.15, -0.1) is 0 Å². The van der Waals surface area contributed by atoms with Crippen LogP contribution in [0.4, 0.5) is 11.4 Å². The van der Waals surface area contributed by atoms with Crippen molar-refractivity contribution in [2.24, 2.45) is 0 Å². The highest BCUT2D eigenvalue weighted by Crippen LogP contribution is 2.34. The first-order chi connectivity index (χ1) is 16.2. The topological polar surface area (TPSA) is 93.2 Å². The van der Waals surface area contributed by atoms with E-state index >= 15 is 0 Å². The minimum atomic E-state index is -3.83. The van der Waals surface area contributed by atoms with Crippen molar-refractivity contribution in [1.82, 2.24) is 9.80 Å². The molecule has 2 aromatic rings. The average Bonchev–Trinajstić information content (AvgIpc) is 3.50. The van der Waals surface area contributed by atoms with E-state index in [2.05, 4.69) is 15.1 Å². The van der Waals surface area contributed by atoms with Crippen LogP contribution in [0.1, 0.15) is 43.7 Å². The molecule has 0 radical (unpaired) electrons. The number of hydrogen-bond donors (Lipinski definition) is 2. The summed E-state index contributed by atoms with van der Waals surface area (Å²) in [5.74, 6) is 0.0564. The second-order valence-corrected chi connectivity index (χ2v) is 11.2. The van der Waals surface area contributed by atoms with Gasteiger partial charge in [-0.1, -0.05) is 0 Å². The molecule has 4 rings (SSSR count). The number of phenolic OH excluding ortho intramolecular Hbond substituents is 1. The van der Waals surface area contributed by atoms with Gasteiger partial charge in [0.05, 0.1) is 10.6 Å². The molecular weight excluding hydrogens is 452 g/mol. The molecular formula is C25H34N4O4S. The van der Waals surface area contributed by atoms with E-state index in [1.54, 1.807) is 31.3 Å². The third-order valence-corrected chi connectivity index (χ3v) is 8.43. The molecule has 2 aliphatic rings. The highest BCUT2D eigenvalue weighted by molar-refractivity contribution is 7.92. The van der Waals surface area contributed by atoms with E-state index in [9.17, 15) is 18.3 Å². The van der Waals surface area contributed by atoms with Crippen molar-refractivity contribution in [3.05, 3.63) is 47.5 Å². The molecule has 2 N–H and O–H groups in total. The summed E-state index contributed by atoms with van der Waals surface area (Å²) in [4.78, 5) is 16.0. The number of nitrogens with zero attached hydrogens (tertiary/aromatic N) is 3. The zero-order valence-corrected chi connectivity index (χ0v) is 20.8. The van der Waals surface area contributed by atoms with E-state index in [0.717, 1.165) is 63.0 Å². The summed E-state index contributed by atoms with van der Waals surface area (Å²) >= 11 is 0. The van der Waals surface area contributed by atoms with Crippen LogP contribution < -0.4 is 9.62 Å². The van der Waals surface area contributed by atoms with Crippen molar-refractivity contribution >= 4 is 27.3 Å². The van der Waals surface area contributed by atoms with E-state index in [4.69, 9.17) is 0 Å². The van der Waals surface area contributed by atoms with Crippen LogP contribution in [-0.2, 0) is 27.9 Å². The number of likely N-dealkylation sites (tertiary alicyclic amines) is 2. The lowest BCUT2D eigenvalue weighted by atomic mass is 10.1. The number of carbonyl (C=O) groups is 1. The maximum atomic E-state index is 13.4. The number of nitrogens with one attached hydrogen (secondary N) is 1. The number of carbonyl (C=O) groups excluding carboxylic acids is 1. The monoisotopic (exact) mass is 486 g/mol. The third-order valence-electron chi connectivity index (χ3n) is 6.63. The van der Waals surface area contributed by atoms with Gasteiger partial charge in [-0.3, -0.25) is 18.9 Å². The Bertz CT molecular complexity index is 1080. The van der Waals surface area contributed by atoms with E-state index < -0.39 is 10.0 Å². The number of benzene rings is 2. The molecule has 184 valence electrons. The molecule has 1 amide bonds. The minimum absolute atomic E-state index is 0.138. The fourth-order valence-electron chi connectivity index (χ4n) is 4.74. The summed E-state index contributed by atoms with van der Waals surface area (Å²) < 4.78 is 28.1. The fraction of sp³-hybridized carbons (Fsp3) is 0.480. The Kier molecular flexibility index (Phi) is 7.45. The molecule has 2 fully saturated rings. The number of aromatic hydroxyl groups is 1. The second-order valence-electron chi connectivity index (χ2n) is 9.26. The molecule has 2 aromatic carbocycles. The van der Waals surface area contributed by atoms with Crippen molar-refractivity contribution in [3.8, 4) is 5.75 Å². The van der Waals surface area contributed by atoms with Gasteiger partial charge < -0.3 is 10.4 Å². The molecule has 0 saturated carbocycles. The van der Waals surface area contributed by atoms with Crippen molar-refractivity contribution < 1.29 is 18.3 Å². The summed E-state index contributed by atoms with van der Waals surface area (Å²) in [6, 6.07) is 9.74. The second kappa shape index (κ2) is 10.3. The van der Waals surface area contributed by atoms with Crippen LogP contribution in [0.3, 0.4) is 0 Å². The van der Waals surface area contributed by atoms with E-state index in [1.165, 1.54) is 23.4 Å². The summed E-state index contributed by atoms with van der Waals surface area (Å²) in [7, 11) is -2.28. The molecule has 0 aliphatic carbocycles. The van der Waals surface area contributed by atoms with Crippen molar-refractivity contribution in [3.63, 3.8) is 0 Å². The largest absolute Gasteiger partial charge is 0.507 e. The maximum Gasteiger partial charge on any atom is 0.264 e. The number of phenols is 1. The number of sulfonamides is 1. The summed E-state index contributed by atoms with van der Waals surface area (Å²) in [5, 5.41) is 13.7. The van der Waals surface area contributed by atoms with Gasteiger partial charge >= 0.3 is 0 Å². The zero-order valence-electron chi connectivity index (χ0n) is 20.0. The smallest absolute Gasteiger partial charge is 0.264 e. The molecule has 0 bridgehead atoms. The van der Waals surface area contributed by atoms with Gasteiger partial charge in [0.1, 0.15) is 5.75 Å². The zero-order chi connectivity index (χ0) is 24.3. The fourth-order valence-corrected chi connectivity index (χ4v) is 5.92. The predicted octanol–water partition coefficient (Wildman–Crippen LogP) is 3.37. The number of rotatable bonds is 8. The third kappa shape index (κ3) is 5.54. The van der Waals surface area contributed by atoms with Gasteiger partial charge in [-0.2, -0.15) is 0 Å². The molecule has 0 spiro atoms. The Labute approximate surface area is 202 Å². The first kappa shape index (κ1) is 24.5. The van der Waals surface area contributed by atoms with Crippen LogP contribution in [0.15, 0.2) is 41.3 Å². The molecule has 0 aromatic heterocycles. The van der Waals surface area contributed by atoms with E-state index in [0.29, 0.717) is 24.5 Å². The Hall–Kier alpha value is -2.62. The van der Waals surface area contributed by atoms with Gasteiger partial charge in [-0.05, 0) is 88.3 Å². The van der Waals surface area contributed by atoms with Gasteiger partial charge in [0.2, 0.25) is 5.91 Å². The normalized spacial score (nSPS) is 17.2. The molecule has 2 aliphatic heterocycles. The average molecular weight is 487 g/mol. The maximum absolute atomic E-state index is 13.4. The molecule has 0 atom stereocenters. The lowest BCUT2D eigenvalue weighted by molar-refractivity contribution is -0.114. The summed E-state index contributed by atoms with van der Waals surface area (Å²) in [6.07, 6.45) is 4.57. The highest BCUT2D eigenvalue weighted by atomic mass is 32.2. The van der Waals surface area contributed by atoms with Crippen molar-refractivity contribution in [2.75, 3.05) is 42.8 Å².